The number of nitrogens with zero attached hydrogens (tertiary/aromatic N) is 1. The number of benzene rings is 2. The number of amides is 2. The number of likely N-dealkylation sites (tertiary alicyclic amines) is 1. The summed E-state index contributed by atoms with van der Waals surface area (Å²) in [6, 6.07) is 14.3. The van der Waals surface area contributed by atoms with Crippen LogP contribution in [0.2, 0.25) is 0 Å². The lowest BCUT2D eigenvalue weighted by molar-refractivity contribution is 0.0818. The van der Waals surface area contributed by atoms with Gasteiger partial charge in [-0.05, 0) is 43.0 Å². The van der Waals surface area contributed by atoms with Crippen molar-refractivity contribution < 1.29 is 9.90 Å². The molecule has 1 aliphatic rings. The molecule has 1 atom stereocenters. The monoisotopic (exact) mass is 312 g/mol. The van der Waals surface area contributed by atoms with Crippen molar-refractivity contribution >= 4 is 16.8 Å². The van der Waals surface area contributed by atoms with E-state index < -0.39 is 11.6 Å². The summed E-state index contributed by atoms with van der Waals surface area (Å²) in [6.07, 6.45) is 1.22. The number of hydrogen-bond acceptors (Lipinski definition) is 2. The zero-order chi connectivity index (χ0) is 16.4. The van der Waals surface area contributed by atoms with Crippen molar-refractivity contribution in [2.24, 2.45) is 0 Å². The van der Waals surface area contributed by atoms with Crippen molar-refractivity contribution in [3.8, 4) is 0 Å². The van der Waals surface area contributed by atoms with Crippen LogP contribution in [0.15, 0.2) is 42.5 Å². The minimum Gasteiger partial charge on any atom is -0.391 e. The Morgan fingerprint density at radius 1 is 1.22 bits per heavy atom. The first-order chi connectivity index (χ1) is 11.0. The zero-order valence-electron chi connectivity index (χ0n) is 13.7. The Morgan fingerprint density at radius 3 is 2.74 bits per heavy atom. The molecule has 0 saturated carbocycles. The van der Waals surface area contributed by atoms with Crippen LogP contribution in [0.4, 0.5) is 4.79 Å². The van der Waals surface area contributed by atoms with Gasteiger partial charge in [-0.3, -0.25) is 0 Å². The molecule has 2 aromatic rings. The van der Waals surface area contributed by atoms with Gasteiger partial charge in [-0.2, -0.15) is 0 Å². The predicted molar refractivity (Wildman–Crippen MR) is 92.3 cm³/mol. The average Bonchev–Trinajstić information content (AvgIpc) is 2.54. The Balaban J connectivity index is 1.84. The van der Waals surface area contributed by atoms with Crippen molar-refractivity contribution in [2.45, 2.75) is 38.3 Å². The summed E-state index contributed by atoms with van der Waals surface area (Å²) >= 11 is 0. The Bertz CT molecular complexity index is 706. The van der Waals surface area contributed by atoms with Crippen molar-refractivity contribution in [3.63, 3.8) is 0 Å². The number of aliphatic hydroxyl groups excluding tert-OH is 1. The van der Waals surface area contributed by atoms with E-state index in [1.54, 1.807) is 4.90 Å². The molecule has 2 aromatic carbocycles. The lowest BCUT2D eigenvalue weighted by Gasteiger charge is -2.35. The van der Waals surface area contributed by atoms with Gasteiger partial charge in [-0.25, -0.2) is 4.79 Å². The van der Waals surface area contributed by atoms with Crippen LogP contribution in [0.25, 0.3) is 10.8 Å². The molecule has 0 aromatic heterocycles. The first-order valence-electron chi connectivity index (χ1n) is 8.21. The SMILES string of the molecule is CC(C)(NC(=O)N1CCC[C@H](O)C1)c1cccc2ccccc12. The van der Waals surface area contributed by atoms with Gasteiger partial charge in [0.25, 0.3) is 0 Å². The van der Waals surface area contributed by atoms with E-state index in [0.717, 1.165) is 23.8 Å². The summed E-state index contributed by atoms with van der Waals surface area (Å²) < 4.78 is 0. The number of aliphatic hydroxyl groups is 1. The van der Waals surface area contributed by atoms with Gasteiger partial charge >= 0.3 is 6.03 Å². The third kappa shape index (κ3) is 3.32. The predicted octanol–water partition coefficient (Wildman–Crippen LogP) is 3.24. The van der Waals surface area contributed by atoms with E-state index in [-0.39, 0.29) is 6.03 Å². The van der Waals surface area contributed by atoms with Gasteiger partial charge in [0.2, 0.25) is 0 Å². The second kappa shape index (κ2) is 6.20. The highest BCUT2D eigenvalue weighted by Crippen LogP contribution is 2.28. The Morgan fingerprint density at radius 2 is 1.96 bits per heavy atom. The number of hydrogen-bond donors (Lipinski definition) is 2. The van der Waals surface area contributed by atoms with Crippen LogP contribution in [0.5, 0.6) is 0 Å². The Hall–Kier alpha value is -2.07. The Labute approximate surface area is 137 Å². The summed E-state index contributed by atoms with van der Waals surface area (Å²) in [5.41, 5.74) is 0.613. The maximum atomic E-state index is 12.6. The average molecular weight is 312 g/mol. The van der Waals surface area contributed by atoms with E-state index in [2.05, 4.69) is 29.6 Å². The van der Waals surface area contributed by atoms with E-state index in [4.69, 9.17) is 0 Å². The van der Waals surface area contributed by atoms with Gasteiger partial charge in [0, 0.05) is 13.1 Å². The first-order valence-corrected chi connectivity index (χ1v) is 8.21. The number of carbonyl (C=O) groups is 1. The van der Waals surface area contributed by atoms with Crippen LogP contribution in [-0.2, 0) is 5.54 Å². The maximum absolute atomic E-state index is 12.6. The van der Waals surface area contributed by atoms with Crippen molar-refractivity contribution in [1.29, 1.82) is 0 Å². The van der Waals surface area contributed by atoms with Crippen LogP contribution >= 0.6 is 0 Å². The molecule has 1 aliphatic heterocycles. The standard InChI is InChI=1S/C19H24N2O2/c1-19(2,20-18(23)21-12-6-9-15(22)13-21)17-11-5-8-14-7-3-4-10-16(14)17/h3-5,7-8,10-11,15,22H,6,9,12-13H2,1-2H3,(H,20,23)/t15-/m0/s1. The smallest absolute Gasteiger partial charge is 0.318 e. The maximum Gasteiger partial charge on any atom is 0.318 e. The van der Waals surface area contributed by atoms with E-state index in [1.807, 2.05) is 32.0 Å². The Kier molecular flexibility index (Phi) is 4.26. The number of β-amino-alcohol motifs (C(OH)–C–C–N with tert-alkyl or cyclic N) is 1. The summed E-state index contributed by atoms with van der Waals surface area (Å²) in [4.78, 5) is 14.3. The molecule has 1 heterocycles. The lowest BCUT2D eigenvalue weighted by Crippen LogP contribution is -2.52. The number of carbonyl (C=O) groups excluding carboxylic acids is 1. The summed E-state index contributed by atoms with van der Waals surface area (Å²) in [5.74, 6) is 0. The van der Waals surface area contributed by atoms with E-state index >= 15 is 0 Å². The molecule has 0 bridgehead atoms. The molecule has 0 unspecified atom stereocenters. The molecule has 1 saturated heterocycles. The van der Waals surface area contributed by atoms with Gasteiger partial charge in [0.15, 0.2) is 0 Å². The fourth-order valence-electron chi connectivity index (χ4n) is 3.32. The van der Waals surface area contributed by atoms with Gasteiger partial charge < -0.3 is 15.3 Å². The second-order valence-corrected chi connectivity index (χ2v) is 6.82. The molecule has 2 N–H and O–H groups in total. The highest BCUT2D eigenvalue weighted by Gasteiger charge is 2.29. The van der Waals surface area contributed by atoms with Crippen molar-refractivity contribution in [1.82, 2.24) is 10.2 Å². The third-order valence-electron chi connectivity index (χ3n) is 4.57. The van der Waals surface area contributed by atoms with Crippen LogP contribution < -0.4 is 5.32 Å². The quantitative estimate of drug-likeness (QED) is 0.894. The molecule has 4 heteroatoms. The molecule has 23 heavy (non-hydrogen) atoms. The highest BCUT2D eigenvalue weighted by molar-refractivity contribution is 5.87. The number of rotatable bonds is 2. The molecule has 4 nitrogen and oxygen atoms in total. The van der Waals surface area contributed by atoms with Crippen LogP contribution in [0, 0.1) is 0 Å². The fraction of sp³-hybridized carbons (Fsp3) is 0.421. The van der Waals surface area contributed by atoms with Crippen LogP contribution in [0.3, 0.4) is 0 Å². The first kappa shape index (κ1) is 15.8. The molecule has 2 amide bonds. The second-order valence-electron chi connectivity index (χ2n) is 6.82. The molecular weight excluding hydrogens is 288 g/mol. The topological polar surface area (TPSA) is 52.6 Å². The number of fused-ring (bicyclic) bond motifs is 1. The van der Waals surface area contributed by atoms with Crippen molar-refractivity contribution in [3.05, 3.63) is 48.0 Å². The van der Waals surface area contributed by atoms with Gasteiger partial charge in [0.1, 0.15) is 0 Å². The summed E-state index contributed by atoms with van der Waals surface area (Å²) in [6.45, 7) is 5.16. The van der Waals surface area contributed by atoms with Gasteiger partial charge in [-0.15, -0.1) is 0 Å². The lowest BCUT2D eigenvalue weighted by atomic mass is 9.89. The van der Waals surface area contributed by atoms with Gasteiger partial charge in [0.05, 0.1) is 11.6 Å². The van der Waals surface area contributed by atoms with Gasteiger partial charge in [-0.1, -0.05) is 42.5 Å². The van der Waals surface area contributed by atoms with E-state index in [0.29, 0.717) is 13.1 Å². The molecular formula is C19H24N2O2. The van der Waals surface area contributed by atoms with Crippen LogP contribution in [-0.4, -0.2) is 35.2 Å². The largest absolute Gasteiger partial charge is 0.391 e. The number of urea groups is 1. The van der Waals surface area contributed by atoms with E-state index in [1.165, 1.54) is 5.39 Å². The minimum absolute atomic E-state index is 0.110. The molecule has 0 aliphatic carbocycles. The zero-order valence-corrected chi connectivity index (χ0v) is 13.7. The van der Waals surface area contributed by atoms with E-state index in [9.17, 15) is 9.90 Å². The summed E-state index contributed by atoms with van der Waals surface area (Å²) in [5, 5.41) is 15.2. The molecule has 0 spiro atoms. The fourth-order valence-corrected chi connectivity index (χ4v) is 3.32. The summed E-state index contributed by atoms with van der Waals surface area (Å²) in [7, 11) is 0. The van der Waals surface area contributed by atoms with Crippen molar-refractivity contribution in [2.75, 3.05) is 13.1 Å². The third-order valence-corrected chi connectivity index (χ3v) is 4.57. The highest BCUT2D eigenvalue weighted by atomic mass is 16.3. The molecule has 122 valence electrons. The normalized spacial score (nSPS) is 18.9. The molecule has 0 radical (unpaired) electrons. The van der Waals surface area contributed by atoms with Crippen LogP contribution in [0.1, 0.15) is 32.3 Å². The number of piperidine rings is 1. The minimum atomic E-state index is -0.486. The number of nitrogens with one attached hydrogen (secondary N) is 1. The molecule has 3 rings (SSSR count). The molecule has 1 fully saturated rings.